The Kier molecular flexibility index (Phi) is 3.80. The number of nitrogens with zero attached hydrogens (tertiary/aromatic N) is 1. The van der Waals surface area contributed by atoms with E-state index >= 15 is 0 Å². The molecule has 0 aromatic heterocycles. The van der Waals surface area contributed by atoms with Crippen molar-refractivity contribution < 1.29 is 4.79 Å². The van der Waals surface area contributed by atoms with Crippen molar-refractivity contribution in [2.24, 2.45) is 5.73 Å². The van der Waals surface area contributed by atoms with Gasteiger partial charge in [0.2, 0.25) is 5.91 Å². The van der Waals surface area contributed by atoms with Crippen LogP contribution in [0.15, 0.2) is 24.3 Å². The average molecular weight is 261 g/mol. The Hall–Kier alpha value is -1.55. The van der Waals surface area contributed by atoms with E-state index in [9.17, 15) is 4.79 Å². The van der Waals surface area contributed by atoms with Crippen LogP contribution in [0.3, 0.4) is 0 Å². The lowest BCUT2D eigenvalue weighted by Gasteiger charge is -2.45. The van der Waals surface area contributed by atoms with E-state index in [-0.39, 0.29) is 17.5 Å². The van der Waals surface area contributed by atoms with Gasteiger partial charge < -0.3 is 16.0 Å². The molecular weight excluding hydrogens is 238 g/mol. The van der Waals surface area contributed by atoms with Gasteiger partial charge in [-0.15, -0.1) is 0 Å². The molecule has 1 aromatic rings. The van der Waals surface area contributed by atoms with Gasteiger partial charge in [-0.05, 0) is 45.4 Å². The predicted octanol–water partition coefficient (Wildman–Crippen LogP) is 1.43. The summed E-state index contributed by atoms with van der Waals surface area (Å²) in [5.74, 6) is 0.0740. The normalized spacial score (nSPS) is 22.2. The monoisotopic (exact) mass is 261 g/mol. The number of hydrogen-bond donors (Lipinski definition) is 2. The molecule has 1 aliphatic rings. The third kappa shape index (κ3) is 2.89. The van der Waals surface area contributed by atoms with E-state index in [0.717, 1.165) is 12.2 Å². The summed E-state index contributed by atoms with van der Waals surface area (Å²) in [6.07, 6.45) is 0.677. The molecule has 0 radical (unpaired) electrons. The third-order valence-electron chi connectivity index (χ3n) is 3.57. The fourth-order valence-electron chi connectivity index (χ4n) is 2.72. The Labute approximate surface area is 115 Å². The lowest BCUT2D eigenvalue weighted by Crippen LogP contribution is -2.65. The fraction of sp³-hybridized carbons (Fsp3) is 0.533. The minimum absolute atomic E-state index is 0.0740. The summed E-state index contributed by atoms with van der Waals surface area (Å²) >= 11 is 0. The van der Waals surface area contributed by atoms with Crippen molar-refractivity contribution in [2.45, 2.75) is 38.8 Å². The van der Waals surface area contributed by atoms with Gasteiger partial charge in [0.05, 0.1) is 5.54 Å². The molecule has 104 valence electrons. The fourth-order valence-corrected chi connectivity index (χ4v) is 2.72. The van der Waals surface area contributed by atoms with E-state index in [2.05, 4.69) is 43.1 Å². The first-order chi connectivity index (χ1) is 8.94. The van der Waals surface area contributed by atoms with E-state index in [1.807, 2.05) is 12.1 Å². The molecule has 0 aliphatic carbocycles. The minimum Gasteiger partial charge on any atom is -0.357 e. The maximum Gasteiger partial charge on any atom is 0.243 e. The molecule has 19 heavy (non-hydrogen) atoms. The highest BCUT2D eigenvalue weighted by Crippen LogP contribution is 2.27. The molecule has 1 amide bonds. The maximum atomic E-state index is 12.3. The number of nitrogens with two attached hydrogens (primary N) is 1. The van der Waals surface area contributed by atoms with Crippen LogP contribution in [0, 0.1) is 6.92 Å². The minimum atomic E-state index is -0.218. The first-order valence-electron chi connectivity index (χ1n) is 6.79. The van der Waals surface area contributed by atoms with Crippen molar-refractivity contribution in [3.05, 3.63) is 29.8 Å². The molecule has 1 heterocycles. The van der Waals surface area contributed by atoms with Gasteiger partial charge in [-0.1, -0.05) is 18.2 Å². The summed E-state index contributed by atoms with van der Waals surface area (Å²) in [5.41, 5.74) is 7.76. The van der Waals surface area contributed by atoms with E-state index in [1.54, 1.807) is 0 Å². The number of aryl methyl sites for hydroxylation is 1. The van der Waals surface area contributed by atoms with Crippen LogP contribution in [0.4, 0.5) is 5.69 Å². The lowest BCUT2D eigenvalue weighted by molar-refractivity contribution is -0.125. The van der Waals surface area contributed by atoms with Crippen LogP contribution in [0.25, 0.3) is 0 Å². The molecular formula is C15H23N3O. The van der Waals surface area contributed by atoms with Crippen LogP contribution in [-0.4, -0.2) is 30.6 Å². The summed E-state index contributed by atoms with van der Waals surface area (Å²) in [5, 5.41) is 3.07. The van der Waals surface area contributed by atoms with Crippen molar-refractivity contribution in [2.75, 3.05) is 18.0 Å². The molecule has 4 nitrogen and oxygen atoms in total. The van der Waals surface area contributed by atoms with Gasteiger partial charge in [-0.2, -0.15) is 0 Å². The number of para-hydroxylation sites is 1. The van der Waals surface area contributed by atoms with Crippen LogP contribution in [-0.2, 0) is 4.79 Å². The van der Waals surface area contributed by atoms with Crippen LogP contribution >= 0.6 is 0 Å². The van der Waals surface area contributed by atoms with Crippen molar-refractivity contribution in [1.29, 1.82) is 0 Å². The zero-order valence-electron chi connectivity index (χ0n) is 11.9. The van der Waals surface area contributed by atoms with E-state index in [4.69, 9.17) is 5.73 Å². The van der Waals surface area contributed by atoms with E-state index < -0.39 is 0 Å². The molecule has 0 saturated carbocycles. The third-order valence-corrected chi connectivity index (χ3v) is 3.57. The molecule has 0 spiro atoms. The van der Waals surface area contributed by atoms with Crippen molar-refractivity contribution >= 4 is 11.6 Å². The number of carbonyl (C=O) groups is 1. The Bertz CT molecular complexity index is 470. The highest BCUT2D eigenvalue weighted by atomic mass is 16.2. The summed E-state index contributed by atoms with van der Waals surface area (Å²) in [4.78, 5) is 14.5. The SMILES string of the molecule is Cc1ccccc1N1CC(C)(C)NC(=O)C1CCN. The number of anilines is 1. The number of hydrogen-bond acceptors (Lipinski definition) is 3. The molecule has 1 atom stereocenters. The first kappa shape index (κ1) is 13.9. The Morgan fingerprint density at radius 2 is 2.11 bits per heavy atom. The smallest absolute Gasteiger partial charge is 0.243 e. The Balaban J connectivity index is 2.37. The van der Waals surface area contributed by atoms with E-state index in [0.29, 0.717) is 13.0 Å². The second-order valence-electron chi connectivity index (χ2n) is 5.88. The number of amides is 1. The molecule has 3 N–H and O–H groups in total. The average Bonchev–Trinajstić information content (AvgIpc) is 2.32. The molecule has 4 heteroatoms. The summed E-state index contributed by atoms with van der Waals surface area (Å²) < 4.78 is 0. The van der Waals surface area contributed by atoms with Crippen molar-refractivity contribution in [3.8, 4) is 0 Å². The van der Waals surface area contributed by atoms with Gasteiger partial charge in [-0.25, -0.2) is 0 Å². The molecule has 1 saturated heterocycles. The van der Waals surface area contributed by atoms with Gasteiger partial charge in [0, 0.05) is 12.2 Å². The van der Waals surface area contributed by atoms with Crippen LogP contribution in [0.5, 0.6) is 0 Å². The second kappa shape index (κ2) is 5.21. The maximum absolute atomic E-state index is 12.3. The summed E-state index contributed by atoms with van der Waals surface area (Å²) in [6.45, 7) is 7.49. The van der Waals surface area contributed by atoms with Crippen LogP contribution < -0.4 is 16.0 Å². The van der Waals surface area contributed by atoms with Gasteiger partial charge in [0.1, 0.15) is 6.04 Å². The standard InChI is InChI=1S/C15H23N3O/c1-11-6-4-5-7-12(11)18-10-15(2,3)17-14(19)13(18)8-9-16/h4-7,13H,8-10,16H2,1-3H3,(H,17,19). The van der Waals surface area contributed by atoms with Crippen LogP contribution in [0.2, 0.25) is 0 Å². The van der Waals surface area contributed by atoms with Gasteiger partial charge in [-0.3, -0.25) is 4.79 Å². The highest BCUT2D eigenvalue weighted by molar-refractivity contribution is 5.87. The number of carbonyl (C=O) groups excluding carboxylic acids is 1. The first-order valence-corrected chi connectivity index (χ1v) is 6.79. The zero-order valence-corrected chi connectivity index (χ0v) is 11.9. The summed E-state index contributed by atoms with van der Waals surface area (Å²) in [7, 11) is 0. The highest BCUT2D eigenvalue weighted by Gasteiger charge is 2.38. The second-order valence-corrected chi connectivity index (χ2v) is 5.88. The number of benzene rings is 1. The molecule has 1 unspecified atom stereocenters. The molecule has 1 aromatic carbocycles. The van der Waals surface area contributed by atoms with Crippen molar-refractivity contribution in [3.63, 3.8) is 0 Å². The predicted molar refractivity (Wildman–Crippen MR) is 78.2 cm³/mol. The molecule has 2 rings (SSSR count). The Morgan fingerprint density at radius 3 is 2.74 bits per heavy atom. The quantitative estimate of drug-likeness (QED) is 0.865. The van der Waals surface area contributed by atoms with Crippen molar-refractivity contribution in [1.82, 2.24) is 5.32 Å². The summed E-state index contributed by atoms with van der Waals surface area (Å²) in [6, 6.07) is 8.02. The Morgan fingerprint density at radius 1 is 1.42 bits per heavy atom. The van der Waals surface area contributed by atoms with Gasteiger partial charge in [0.15, 0.2) is 0 Å². The largest absolute Gasteiger partial charge is 0.357 e. The molecule has 1 aliphatic heterocycles. The topological polar surface area (TPSA) is 58.4 Å². The van der Waals surface area contributed by atoms with Gasteiger partial charge in [0.25, 0.3) is 0 Å². The number of piperazine rings is 1. The number of nitrogens with one attached hydrogen (secondary N) is 1. The van der Waals surface area contributed by atoms with Crippen LogP contribution in [0.1, 0.15) is 25.8 Å². The zero-order chi connectivity index (χ0) is 14.0. The lowest BCUT2D eigenvalue weighted by atomic mass is 9.95. The molecule has 1 fully saturated rings. The van der Waals surface area contributed by atoms with E-state index in [1.165, 1.54) is 5.56 Å². The molecule has 0 bridgehead atoms. The van der Waals surface area contributed by atoms with Gasteiger partial charge >= 0.3 is 0 Å². The number of rotatable bonds is 3.